The maximum atomic E-state index is 11.9. The van der Waals surface area contributed by atoms with Crippen LogP contribution in [0.15, 0.2) is 42.5 Å². The molecule has 1 amide bonds. The average molecular weight is 370 g/mol. The number of nitrogens with one attached hydrogen (secondary N) is 3. The number of amides is 1. The molecular weight excluding hydrogens is 350 g/mol. The Morgan fingerprint density at radius 3 is 2.58 bits per heavy atom. The minimum absolute atomic E-state index is 0.273. The molecule has 3 aromatic rings. The van der Waals surface area contributed by atoms with Crippen molar-refractivity contribution in [3.05, 3.63) is 69.7 Å². The van der Waals surface area contributed by atoms with E-state index in [1.807, 2.05) is 6.07 Å². The Balaban J connectivity index is 1.81. The Bertz CT molecular complexity index is 931. The van der Waals surface area contributed by atoms with E-state index in [4.69, 9.17) is 17.3 Å². The number of aromatic nitrogens is 2. The number of carbonyl (C=O) groups excluding carboxylic acids is 1. The summed E-state index contributed by atoms with van der Waals surface area (Å²) in [5.74, 6) is 0.245. The number of anilines is 3. The maximum Gasteiger partial charge on any atom is 0.256 e. The summed E-state index contributed by atoms with van der Waals surface area (Å²) in [5.41, 5.74) is 10.0. The lowest BCUT2D eigenvalue weighted by molar-refractivity contribution is 0.100. The first kappa shape index (κ1) is 17.8. The van der Waals surface area contributed by atoms with Crippen LogP contribution in [0.2, 0.25) is 5.02 Å². The van der Waals surface area contributed by atoms with Crippen molar-refractivity contribution >= 4 is 34.8 Å². The van der Waals surface area contributed by atoms with Crippen molar-refractivity contribution < 1.29 is 4.79 Å². The van der Waals surface area contributed by atoms with Crippen molar-refractivity contribution in [2.75, 3.05) is 10.6 Å². The summed E-state index contributed by atoms with van der Waals surface area (Å²) in [6, 6.07) is 13.4. The second kappa shape index (κ2) is 7.49. The zero-order valence-electron chi connectivity index (χ0n) is 14.6. The number of halogens is 1. The predicted octanol–water partition coefficient (Wildman–Crippen LogP) is 4.13. The van der Waals surface area contributed by atoms with E-state index in [1.165, 1.54) is 11.1 Å². The largest absolute Gasteiger partial charge is 0.366 e. The van der Waals surface area contributed by atoms with E-state index < -0.39 is 5.91 Å². The monoisotopic (exact) mass is 369 g/mol. The second-order valence-corrected chi connectivity index (χ2v) is 6.61. The van der Waals surface area contributed by atoms with Gasteiger partial charge in [0.05, 0.1) is 0 Å². The molecule has 1 heterocycles. The Morgan fingerprint density at radius 2 is 1.92 bits per heavy atom. The Morgan fingerprint density at radius 1 is 1.19 bits per heavy atom. The van der Waals surface area contributed by atoms with Crippen LogP contribution in [0.1, 0.15) is 27.0 Å². The summed E-state index contributed by atoms with van der Waals surface area (Å²) in [4.78, 5) is 11.9. The van der Waals surface area contributed by atoms with Gasteiger partial charge in [-0.3, -0.25) is 9.89 Å². The number of benzene rings is 2. The topological polar surface area (TPSA) is 95.8 Å². The zero-order chi connectivity index (χ0) is 18.7. The molecule has 0 aliphatic carbocycles. The fourth-order valence-electron chi connectivity index (χ4n) is 2.86. The molecule has 0 aliphatic rings. The van der Waals surface area contributed by atoms with Gasteiger partial charge in [-0.05, 0) is 37.6 Å². The molecule has 1 aromatic heterocycles. The first-order chi connectivity index (χ1) is 12.4. The van der Waals surface area contributed by atoms with Gasteiger partial charge in [0.1, 0.15) is 11.4 Å². The van der Waals surface area contributed by atoms with Crippen molar-refractivity contribution in [1.82, 2.24) is 10.2 Å². The lowest BCUT2D eigenvalue weighted by Crippen LogP contribution is -2.15. The smallest absolute Gasteiger partial charge is 0.256 e. The molecular formula is C19H20ClN5O. The number of rotatable bonds is 6. The predicted molar refractivity (Wildman–Crippen MR) is 105 cm³/mol. The van der Waals surface area contributed by atoms with Gasteiger partial charge in [-0.15, -0.1) is 0 Å². The number of carbonyl (C=O) groups is 1. The first-order valence-corrected chi connectivity index (χ1v) is 8.52. The van der Waals surface area contributed by atoms with Crippen molar-refractivity contribution in [3.8, 4) is 0 Å². The third kappa shape index (κ3) is 4.15. The molecule has 26 heavy (non-hydrogen) atoms. The Kier molecular flexibility index (Phi) is 5.14. The van der Waals surface area contributed by atoms with E-state index in [1.54, 1.807) is 18.2 Å². The molecule has 0 aliphatic heterocycles. The summed E-state index contributed by atoms with van der Waals surface area (Å²) >= 11 is 5.99. The lowest BCUT2D eigenvalue weighted by Gasteiger charge is -2.09. The van der Waals surface area contributed by atoms with Crippen molar-refractivity contribution in [1.29, 1.82) is 0 Å². The number of primary amides is 1. The van der Waals surface area contributed by atoms with E-state index in [-0.39, 0.29) is 5.56 Å². The van der Waals surface area contributed by atoms with Gasteiger partial charge in [-0.25, -0.2) is 0 Å². The van der Waals surface area contributed by atoms with Crippen LogP contribution in [-0.2, 0) is 6.54 Å². The number of hydrogen-bond acceptors (Lipinski definition) is 4. The highest BCUT2D eigenvalue weighted by molar-refractivity contribution is 6.30. The number of nitrogens with two attached hydrogens (primary N) is 1. The molecule has 0 radical (unpaired) electrons. The molecule has 2 aromatic carbocycles. The summed E-state index contributed by atoms with van der Waals surface area (Å²) < 4.78 is 0. The van der Waals surface area contributed by atoms with Crippen molar-refractivity contribution in [2.45, 2.75) is 20.4 Å². The first-order valence-electron chi connectivity index (χ1n) is 8.14. The molecule has 134 valence electrons. The molecule has 0 unspecified atom stereocenters. The molecule has 6 nitrogen and oxygen atoms in total. The van der Waals surface area contributed by atoms with Gasteiger partial charge in [-0.1, -0.05) is 47.0 Å². The molecule has 7 heteroatoms. The van der Waals surface area contributed by atoms with E-state index in [2.05, 4.69) is 52.9 Å². The van der Waals surface area contributed by atoms with Crippen LogP contribution in [0.5, 0.6) is 0 Å². The molecule has 0 saturated heterocycles. The van der Waals surface area contributed by atoms with Gasteiger partial charge in [0.2, 0.25) is 0 Å². The highest BCUT2D eigenvalue weighted by Crippen LogP contribution is 2.26. The number of H-pyrrole nitrogens is 1. The van der Waals surface area contributed by atoms with Gasteiger partial charge in [0.15, 0.2) is 5.82 Å². The Labute approximate surface area is 156 Å². The van der Waals surface area contributed by atoms with Crippen LogP contribution in [0.4, 0.5) is 17.3 Å². The van der Waals surface area contributed by atoms with Crippen LogP contribution in [0, 0.1) is 13.8 Å². The Hall–Kier alpha value is -2.99. The van der Waals surface area contributed by atoms with Gasteiger partial charge in [0.25, 0.3) is 5.91 Å². The average Bonchev–Trinajstić information content (AvgIpc) is 2.95. The number of aromatic amines is 1. The van der Waals surface area contributed by atoms with E-state index in [0.717, 1.165) is 5.56 Å². The minimum Gasteiger partial charge on any atom is -0.366 e. The number of hydrogen-bond donors (Lipinski definition) is 4. The van der Waals surface area contributed by atoms with Crippen LogP contribution in [0.3, 0.4) is 0 Å². The fourth-order valence-corrected chi connectivity index (χ4v) is 3.06. The number of aryl methyl sites for hydroxylation is 2. The summed E-state index contributed by atoms with van der Waals surface area (Å²) in [5, 5.41) is 13.8. The standard InChI is InChI=1S/C19H20ClN5O/c1-11-6-12(2)8-13(7-11)10-22-18-16(17(21)26)19(25-24-18)23-15-5-3-4-14(20)9-15/h3-9H,10H2,1-2H3,(H2,21,26)(H3,22,23,24,25). The summed E-state index contributed by atoms with van der Waals surface area (Å²) in [6.07, 6.45) is 0. The van der Waals surface area contributed by atoms with Crippen LogP contribution in [-0.4, -0.2) is 16.1 Å². The van der Waals surface area contributed by atoms with Gasteiger partial charge in [-0.2, -0.15) is 5.10 Å². The van der Waals surface area contributed by atoms with Crippen LogP contribution in [0.25, 0.3) is 0 Å². The highest BCUT2D eigenvalue weighted by Gasteiger charge is 2.18. The van der Waals surface area contributed by atoms with Crippen LogP contribution >= 0.6 is 11.6 Å². The van der Waals surface area contributed by atoms with E-state index in [9.17, 15) is 4.79 Å². The molecule has 5 N–H and O–H groups in total. The number of nitrogens with zero attached hydrogens (tertiary/aromatic N) is 1. The normalized spacial score (nSPS) is 10.6. The van der Waals surface area contributed by atoms with E-state index >= 15 is 0 Å². The molecule has 3 rings (SSSR count). The van der Waals surface area contributed by atoms with Crippen molar-refractivity contribution in [2.24, 2.45) is 5.73 Å². The maximum absolute atomic E-state index is 11.9. The minimum atomic E-state index is -0.578. The highest BCUT2D eigenvalue weighted by atomic mass is 35.5. The molecule has 0 saturated carbocycles. The zero-order valence-corrected chi connectivity index (χ0v) is 15.3. The molecule has 0 fully saturated rings. The third-order valence-corrected chi connectivity index (χ3v) is 4.09. The molecule has 0 atom stereocenters. The molecule has 0 spiro atoms. The van der Waals surface area contributed by atoms with Gasteiger partial charge < -0.3 is 16.4 Å². The second-order valence-electron chi connectivity index (χ2n) is 6.17. The van der Waals surface area contributed by atoms with Crippen LogP contribution < -0.4 is 16.4 Å². The van der Waals surface area contributed by atoms with Gasteiger partial charge >= 0.3 is 0 Å². The fraction of sp³-hybridized carbons (Fsp3) is 0.158. The van der Waals surface area contributed by atoms with Gasteiger partial charge in [0, 0.05) is 17.3 Å². The molecule has 0 bridgehead atoms. The summed E-state index contributed by atoms with van der Waals surface area (Å²) in [7, 11) is 0. The third-order valence-electron chi connectivity index (χ3n) is 3.85. The SMILES string of the molecule is Cc1cc(C)cc(CNc2[nH]nc(Nc3cccc(Cl)c3)c2C(N)=O)c1. The van der Waals surface area contributed by atoms with E-state index in [0.29, 0.717) is 28.9 Å². The lowest BCUT2D eigenvalue weighted by atomic mass is 10.1. The summed E-state index contributed by atoms with van der Waals surface area (Å²) in [6.45, 7) is 4.64. The quantitative estimate of drug-likeness (QED) is 0.525. The van der Waals surface area contributed by atoms with Crippen molar-refractivity contribution in [3.63, 3.8) is 0 Å².